The van der Waals surface area contributed by atoms with Gasteiger partial charge in [-0.25, -0.2) is 0 Å². The molecule has 1 aliphatic heterocycles. The van der Waals surface area contributed by atoms with Gasteiger partial charge in [-0.1, -0.05) is 12.2 Å². The fourth-order valence-corrected chi connectivity index (χ4v) is 3.00. The average Bonchev–Trinajstić information content (AvgIpc) is 2.66. The van der Waals surface area contributed by atoms with Crippen molar-refractivity contribution in [3.63, 3.8) is 0 Å². The molecule has 11 heteroatoms. The average molecular weight is 444 g/mol. The molecule has 1 heterocycles. The smallest absolute Gasteiger partial charge is 0.309 e. The molecule has 1 rings (SSSR count). The molecule has 11 nitrogen and oxygen atoms in total. The number of methoxy groups -OCH3 is 1. The number of carbonyl (C=O) groups excluding carboxylic acids is 5. The standard InChI is InChI=1S/C20H28O11/c1-11(21)27-10-16-19(29-13(3)23)20(30-14(4)24)18(28-12(2)22)15(31-16)8-6-7-9-17(25)26-5/h6-7,15-16,18-20H,8-10H2,1-5H3/b7-6+. The van der Waals surface area contributed by atoms with Crippen LogP contribution in [-0.2, 0) is 52.4 Å². The van der Waals surface area contributed by atoms with E-state index in [1.54, 1.807) is 12.2 Å². The topological polar surface area (TPSA) is 141 Å². The largest absolute Gasteiger partial charge is 0.469 e. The Kier molecular flexibility index (Phi) is 10.7. The van der Waals surface area contributed by atoms with Crippen molar-refractivity contribution in [2.24, 2.45) is 0 Å². The molecule has 1 aliphatic rings. The molecule has 5 unspecified atom stereocenters. The lowest BCUT2D eigenvalue weighted by Gasteiger charge is -2.44. The Morgan fingerprint density at radius 2 is 1.26 bits per heavy atom. The summed E-state index contributed by atoms with van der Waals surface area (Å²) >= 11 is 0. The van der Waals surface area contributed by atoms with Gasteiger partial charge in [0.2, 0.25) is 0 Å². The Morgan fingerprint density at radius 1 is 0.742 bits per heavy atom. The van der Waals surface area contributed by atoms with E-state index < -0.39 is 60.4 Å². The maximum atomic E-state index is 11.7. The van der Waals surface area contributed by atoms with E-state index in [1.807, 2.05) is 0 Å². The lowest BCUT2D eigenvalue weighted by Crippen LogP contribution is -2.62. The predicted octanol–water partition coefficient (Wildman–Crippen LogP) is 0.621. The maximum absolute atomic E-state index is 11.7. The number of ether oxygens (including phenoxy) is 6. The summed E-state index contributed by atoms with van der Waals surface area (Å²) < 4.78 is 31.4. The lowest BCUT2D eigenvalue weighted by molar-refractivity contribution is -0.251. The minimum absolute atomic E-state index is 0.0157. The minimum Gasteiger partial charge on any atom is -0.469 e. The molecule has 0 spiro atoms. The summed E-state index contributed by atoms with van der Waals surface area (Å²) in [5.74, 6) is -3.11. The molecule has 0 bridgehead atoms. The molecule has 0 saturated carbocycles. The van der Waals surface area contributed by atoms with Gasteiger partial charge in [0.05, 0.1) is 13.5 Å². The normalized spacial score (nSPS) is 25.4. The van der Waals surface area contributed by atoms with Gasteiger partial charge in [0.1, 0.15) is 18.8 Å². The van der Waals surface area contributed by atoms with Crippen molar-refractivity contribution >= 4 is 29.8 Å². The van der Waals surface area contributed by atoms with Gasteiger partial charge in [-0.3, -0.25) is 24.0 Å². The van der Waals surface area contributed by atoms with Crippen LogP contribution in [0.2, 0.25) is 0 Å². The zero-order valence-corrected chi connectivity index (χ0v) is 18.2. The van der Waals surface area contributed by atoms with Crippen LogP contribution in [0.4, 0.5) is 0 Å². The Bertz CT molecular complexity index is 699. The third-order valence-electron chi connectivity index (χ3n) is 4.13. The van der Waals surface area contributed by atoms with Crippen LogP contribution in [0, 0.1) is 0 Å². The molecule has 0 aromatic heterocycles. The van der Waals surface area contributed by atoms with Gasteiger partial charge < -0.3 is 28.4 Å². The van der Waals surface area contributed by atoms with E-state index in [0.29, 0.717) is 0 Å². The van der Waals surface area contributed by atoms with Crippen molar-refractivity contribution in [3.05, 3.63) is 12.2 Å². The molecule has 0 radical (unpaired) electrons. The Balaban J connectivity index is 3.22. The van der Waals surface area contributed by atoms with Crippen molar-refractivity contribution in [2.75, 3.05) is 13.7 Å². The van der Waals surface area contributed by atoms with Crippen molar-refractivity contribution in [3.8, 4) is 0 Å². The third kappa shape index (κ3) is 9.16. The molecule has 0 aromatic rings. The summed E-state index contributed by atoms with van der Waals surface area (Å²) in [6.45, 7) is 4.37. The summed E-state index contributed by atoms with van der Waals surface area (Å²) in [7, 11) is 1.26. The van der Waals surface area contributed by atoms with Gasteiger partial charge in [-0.05, 0) is 6.42 Å². The predicted molar refractivity (Wildman–Crippen MR) is 102 cm³/mol. The van der Waals surface area contributed by atoms with E-state index in [2.05, 4.69) is 4.74 Å². The summed E-state index contributed by atoms with van der Waals surface area (Å²) in [5, 5.41) is 0. The van der Waals surface area contributed by atoms with Crippen LogP contribution in [0.25, 0.3) is 0 Å². The van der Waals surface area contributed by atoms with Crippen molar-refractivity contribution in [1.82, 2.24) is 0 Å². The summed E-state index contributed by atoms with van der Waals surface area (Å²) in [6, 6.07) is 0. The van der Waals surface area contributed by atoms with E-state index in [9.17, 15) is 24.0 Å². The van der Waals surface area contributed by atoms with E-state index in [1.165, 1.54) is 21.0 Å². The van der Waals surface area contributed by atoms with Gasteiger partial charge in [0.25, 0.3) is 0 Å². The molecule has 1 fully saturated rings. The van der Waals surface area contributed by atoms with Crippen molar-refractivity contribution in [2.45, 2.75) is 71.1 Å². The van der Waals surface area contributed by atoms with Crippen molar-refractivity contribution in [1.29, 1.82) is 0 Å². The molecule has 174 valence electrons. The summed E-state index contributed by atoms with van der Waals surface area (Å²) in [6.07, 6.45) is -2.06. The van der Waals surface area contributed by atoms with Crippen LogP contribution in [0.5, 0.6) is 0 Å². The molecular formula is C20H28O11. The van der Waals surface area contributed by atoms with Crippen molar-refractivity contribution < 1.29 is 52.4 Å². The highest BCUT2D eigenvalue weighted by Crippen LogP contribution is 2.31. The van der Waals surface area contributed by atoms with Gasteiger partial charge in [0, 0.05) is 27.7 Å². The van der Waals surface area contributed by atoms with E-state index in [4.69, 9.17) is 23.7 Å². The summed E-state index contributed by atoms with van der Waals surface area (Å²) in [4.78, 5) is 57.6. The highest BCUT2D eigenvalue weighted by atomic mass is 16.7. The second-order valence-corrected chi connectivity index (χ2v) is 6.73. The maximum Gasteiger partial charge on any atom is 0.309 e. The molecule has 1 saturated heterocycles. The molecule has 0 aliphatic carbocycles. The van der Waals surface area contributed by atoms with E-state index in [0.717, 1.165) is 13.8 Å². The second-order valence-electron chi connectivity index (χ2n) is 6.73. The fraction of sp³-hybridized carbons (Fsp3) is 0.650. The lowest BCUT2D eigenvalue weighted by atomic mass is 9.92. The third-order valence-corrected chi connectivity index (χ3v) is 4.13. The molecule has 5 atom stereocenters. The first-order valence-electron chi connectivity index (χ1n) is 9.57. The number of esters is 5. The minimum atomic E-state index is -1.21. The molecular weight excluding hydrogens is 416 g/mol. The van der Waals surface area contributed by atoms with Gasteiger partial charge in [-0.15, -0.1) is 0 Å². The Labute approximate surface area is 179 Å². The Morgan fingerprint density at radius 3 is 1.74 bits per heavy atom. The van der Waals surface area contributed by atoms with Crippen LogP contribution >= 0.6 is 0 Å². The van der Waals surface area contributed by atoms with Crippen LogP contribution in [0.1, 0.15) is 40.5 Å². The first kappa shape index (κ1) is 26.1. The van der Waals surface area contributed by atoms with E-state index in [-0.39, 0.29) is 19.4 Å². The first-order valence-corrected chi connectivity index (χ1v) is 9.57. The van der Waals surface area contributed by atoms with Gasteiger partial charge in [0.15, 0.2) is 18.3 Å². The number of hydrogen-bond donors (Lipinski definition) is 0. The van der Waals surface area contributed by atoms with Crippen LogP contribution < -0.4 is 0 Å². The molecule has 0 aromatic carbocycles. The highest BCUT2D eigenvalue weighted by molar-refractivity contribution is 5.71. The number of carbonyl (C=O) groups is 5. The van der Waals surface area contributed by atoms with Gasteiger partial charge in [-0.2, -0.15) is 0 Å². The number of rotatable bonds is 9. The van der Waals surface area contributed by atoms with E-state index >= 15 is 0 Å². The SMILES string of the molecule is COC(=O)C/C=C/CC1OC(COC(C)=O)C(OC(C)=O)C(OC(C)=O)C1OC(C)=O. The molecule has 0 N–H and O–H groups in total. The van der Waals surface area contributed by atoms with Crippen LogP contribution in [0.3, 0.4) is 0 Å². The summed E-state index contributed by atoms with van der Waals surface area (Å²) in [5.41, 5.74) is 0. The van der Waals surface area contributed by atoms with Gasteiger partial charge >= 0.3 is 29.8 Å². The zero-order valence-electron chi connectivity index (χ0n) is 18.2. The quantitative estimate of drug-likeness (QED) is 0.281. The highest BCUT2D eigenvalue weighted by Gasteiger charge is 2.51. The zero-order chi connectivity index (χ0) is 23.6. The molecule has 31 heavy (non-hydrogen) atoms. The second kappa shape index (κ2) is 12.7. The monoisotopic (exact) mass is 444 g/mol. The van der Waals surface area contributed by atoms with Crippen LogP contribution in [0.15, 0.2) is 12.2 Å². The fourth-order valence-electron chi connectivity index (χ4n) is 3.00. The van der Waals surface area contributed by atoms with Crippen LogP contribution in [-0.4, -0.2) is 74.1 Å². The Hall–Kier alpha value is -2.95. The number of hydrogen-bond acceptors (Lipinski definition) is 11. The first-order chi connectivity index (χ1) is 14.5. The molecule has 0 amide bonds.